The fourth-order valence-electron chi connectivity index (χ4n) is 2.48. The van der Waals surface area contributed by atoms with Crippen molar-refractivity contribution in [1.82, 2.24) is 15.1 Å². The van der Waals surface area contributed by atoms with Gasteiger partial charge in [-0.1, -0.05) is 0 Å². The van der Waals surface area contributed by atoms with Gasteiger partial charge in [0, 0.05) is 13.2 Å². The van der Waals surface area contributed by atoms with E-state index in [2.05, 4.69) is 15.1 Å². The van der Waals surface area contributed by atoms with Crippen molar-refractivity contribution in [3.05, 3.63) is 24.3 Å². The first kappa shape index (κ1) is 12.4. The van der Waals surface area contributed by atoms with Crippen LogP contribution in [0.5, 0.6) is 0 Å². The molecule has 1 saturated heterocycles. The van der Waals surface area contributed by atoms with Crippen LogP contribution in [-0.2, 0) is 6.54 Å². The van der Waals surface area contributed by atoms with Gasteiger partial charge in [0.1, 0.15) is 0 Å². The monoisotopic (exact) mass is 263 g/mol. The van der Waals surface area contributed by atoms with Gasteiger partial charge in [-0.15, -0.1) is 10.2 Å². The van der Waals surface area contributed by atoms with Crippen LogP contribution in [0.25, 0.3) is 11.7 Å². The molecular weight excluding hydrogens is 246 g/mol. The Morgan fingerprint density at radius 1 is 1.42 bits per heavy atom. The lowest BCUT2D eigenvalue weighted by molar-refractivity contribution is 0.242. The predicted molar refractivity (Wildman–Crippen MR) is 67.1 cm³/mol. The van der Waals surface area contributed by atoms with Crippen LogP contribution in [0, 0.1) is 5.92 Å². The number of furan rings is 1. The Labute approximate surface area is 111 Å². The lowest BCUT2D eigenvalue weighted by Gasteiger charge is -2.12. The van der Waals surface area contributed by atoms with Gasteiger partial charge < -0.3 is 13.9 Å². The third-order valence-electron chi connectivity index (χ3n) is 3.46. The number of rotatable bonds is 5. The molecule has 1 fully saturated rings. The summed E-state index contributed by atoms with van der Waals surface area (Å²) in [6.07, 6.45) is 3.58. The van der Waals surface area contributed by atoms with Crippen LogP contribution in [0.4, 0.5) is 0 Å². The van der Waals surface area contributed by atoms with E-state index in [0.29, 0.717) is 30.0 Å². The summed E-state index contributed by atoms with van der Waals surface area (Å²) >= 11 is 0. The van der Waals surface area contributed by atoms with E-state index in [4.69, 9.17) is 13.9 Å². The molecule has 6 heteroatoms. The van der Waals surface area contributed by atoms with Crippen molar-refractivity contribution >= 4 is 0 Å². The summed E-state index contributed by atoms with van der Waals surface area (Å²) < 4.78 is 10.8. The number of aliphatic hydroxyl groups excluding tert-OH is 1. The minimum Gasteiger partial charge on any atom is -0.459 e. The van der Waals surface area contributed by atoms with Crippen molar-refractivity contribution in [3.8, 4) is 11.7 Å². The molecule has 0 radical (unpaired) electrons. The zero-order chi connectivity index (χ0) is 13.1. The van der Waals surface area contributed by atoms with E-state index >= 15 is 0 Å². The molecule has 0 amide bonds. The normalized spacial score (nSPS) is 20.2. The molecule has 0 aromatic carbocycles. The Bertz CT molecular complexity index is 509. The molecule has 2 aromatic rings. The molecular formula is C13H17N3O3. The van der Waals surface area contributed by atoms with Crippen molar-refractivity contribution in [3.63, 3.8) is 0 Å². The molecule has 1 N–H and O–H groups in total. The molecule has 0 aliphatic carbocycles. The molecule has 0 saturated carbocycles. The van der Waals surface area contributed by atoms with Crippen LogP contribution in [0.15, 0.2) is 27.2 Å². The summed E-state index contributed by atoms with van der Waals surface area (Å²) in [7, 11) is 0. The molecule has 1 atom stereocenters. The highest BCUT2D eigenvalue weighted by Crippen LogP contribution is 2.22. The third kappa shape index (κ3) is 2.85. The van der Waals surface area contributed by atoms with Gasteiger partial charge in [-0.2, -0.15) is 0 Å². The van der Waals surface area contributed by atoms with E-state index in [0.717, 1.165) is 25.9 Å². The number of hydrogen-bond donors (Lipinski definition) is 1. The summed E-state index contributed by atoms with van der Waals surface area (Å²) in [6.45, 7) is 2.93. The number of likely N-dealkylation sites (tertiary alicyclic amines) is 1. The molecule has 0 bridgehead atoms. The predicted octanol–water partition coefficient (Wildman–Crippen LogP) is 1.53. The van der Waals surface area contributed by atoms with E-state index in [1.165, 1.54) is 0 Å². The average molecular weight is 263 g/mol. The van der Waals surface area contributed by atoms with Crippen LogP contribution >= 0.6 is 0 Å². The zero-order valence-electron chi connectivity index (χ0n) is 10.7. The van der Waals surface area contributed by atoms with E-state index < -0.39 is 0 Å². The zero-order valence-corrected chi connectivity index (χ0v) is 10.7. The van der Waals surface area contributed by atoms with E-state index in [1.54, 1.807) is 18.4 Å². The quantitative estimate of drug-likeness (QED) is 0.881. The van der Waals surface area contributed by atoms with Gasteiger partial charge >= 0.3 is 0 Å². The first-order chi connectivity index (χ1) is 9.35. The smallest absolute Gasteiger partial charge is 0.283 e. The summed E-state index contributed by atoms with van der Waals surface area (Å²) in [5.41, 5.74) is 0. The highest BCUT2D eigenvalue weighted by atomic mass is 16.4. The minimum absolute atomic E-state index is 0.266. The molecule has 19 heavy (non-hydrogen) atoms. The van der Waals surface area contributed by atoms with Gasteiger partial charge in [0.15, 0.2) is 5.76 Å². The van der Waals surface area contributed by atoms with E-state index in [-0.39, 0.29) is 6.61 Å². The van der Waals surface area contributed by atoms with E-state index in [9.17, 15) is 0 Å². The first-order valence-corrected chi connectivity index (χ1v) is 6.54. The summed E-state index contributed by atoms with van der Waals surface area (Å²) in [4.78, 5) is 2.28. The SMILES string of the molecule is OCCC1CCN(Cc2nnc(-c3ccco3)o2)C1. The Hall–Kier alpha value is -1.66. The van der Waals surface area contributed by atoms with Gasteiger partial charge in [-0.05, 0) is 37.4 Å². The van der Waals surface area contributed by atoms with Gasteiger partial charge in [0.25, 0.3) is 5.89 Å². The average Bonchev–Trinajstić information content (AvgIpc) is 3.10. The Balaban J connectivity index is 1.59. The van der Waals surface area contributed by atoms with Crippen molar-refractivity contribution in [2.75, 3.05) is 19.7 Å². The lowest BCUT2D eigenvalue weighted by Crippen LogP contribution is -2.20. The molecule has 1 aliphatic rings. The Kier molecular flexibility index (Phi) is 3.61. The van der Waals surface area contributed by atoms with E-state index in [1.807, 2.05) is 0 Å². The van der Waals surface area contributed by atoms with Gasteiger partial charge in [0.2, 0.25) is 5.89 Å². The second-order valence-corrected chi connectivity index (χ2v) is 4.88. The number of aromatic nitrogens is 2. The molecule has 6 nitrogen and oxygen atoms in total. The number of aliphatic hydroxyl groups is 1. The summed E-state index contributed by atoms with van der Waals surface area (Å²) in [6, 6.07) is 3.59. The molecule has 2 aromatic heterocycles. The second-order valence-electron chi connectivity index (χ2n) is 4.88. The van der Waals surface area contributed by atoms with Crippen LogP contribution in [-0.4, -0.2) is 39.9 Å². The molecule has 3 heterocycles. The Morgan fingerprint density at radius 2 is 2.37 bits per heavy atom. The van der Waals surface area contributed by atoms with Gasteiger partial charge in [-0.25, -0.2) is 0 Å². The largest absolute Gasteiger partial charge is 0.459 e. The van der Waals surface area contributed by atoms with Crippen molar-refractivity contribution < 1.29 is 13.9 Å². The summed E-state index contributed by atoms with van der Waals surface area (Å²) in [5.74, 6) is 2.21. The maximum Gasteiger partial charge on any atom is 0.283 e. The van der Waals surface area contributed by atoms with Crippen LogP contribution in [0.2, 0.25) is 0 Å². The lowest BCUT2D eigenvalue weighted by atomic mass is 10.1. The molecule has 3 rings (SSSR count). The van der Waals surface area contributed by atoms with Crippen molar-refractivity contribution in [2.45, 2.75) is 19.4 Å². The van der Waals surface area contributed by atoms with Crippen LogP contribution in [0.1, 0.15) is 18.7 Å². The molecule has 102 valence electrons. The fourth-order valence-corrected chi connectivity index (χ4v) is 2.48. The summed E-state index contributed by atoms with van der Waals surface area (Å²) in [5, 5.41) is 17.0. The van der Waals surface area contributed by atoms with Gasteiger partial charge in [-0.3, -0.25) is 4.90 Å². The van der Waals surface area contributed by atoms with Crippen LogP contribution < -0.4 is 0 Å². The highest BCUT2D eigenvalue weighted by Gasteiger charge is 2.23. The fraction of sp³-hybridized carbons (Fsp3) is 0.538. The Morgan fingerprint density at radius 3 is 3.16 bits per heavy atom. The third-order valence-corrected chi connectivity index (χ3v) is 3.46. The van der Waals surface area contributed by atoms with Gasteiger partial charge in [0.05, 0.1) is 12.8 Å². The second kappa shape index (κ2) is 5.54. The number of hydrogen-bond acceptors (Lipinski definition) is 6. The van der Waals surface area contributed by atoms with Crippen molar-refractivity contribution in [2.24, 2.45) is 5.92 Å². The molecule has 1 unspecified atom stereocenters. The maximum absolute atomic E-state index is 8.94. The van der Waals surface area contributed by atoms with Crippen molar-refractivity contribution in [1.29, 1.82) is 0 Å². The first-order valence-electron chi connectivity index (χ1n) is 6.54. The molecule has 1 aliphatic heterocycles. The molecule has 0 spiro atoms. The minimum atomic E-state index is 0.266. The highest BCUT2D eigenvalue weighted by molar-refractivity contribution is 5.42. The maximum atomic E-state index is 8.94. The topological polar surface area (TPSA) is 75.5 Å². The standard InChI is InChI=1S/C13H17N3O3/c17-6-4-10-3-5-16(8-10)9-12-14-15-13(19-12)11-2-1-7-18-11/h1-2,7,10,17H,3-6,8-9H2. The van der Waals surface area contributed by atoms with Crippen LogP contribution in [0.3, 0.4) is 0 Å². The number of nitrogens with zero attached hydrogens (tertiary/aromatic N) is 3.